The van der Waals surface area contributed by atoms with Crippen molar-refractivity contribution in [2.24, 2.45) is 7.05 Å². The topological polar surface area (TPSA) is 101 Å². The smallest absolute Gasteiger partial charge is 0.280 e. The van der Waals surface area contributed by atoms with E-state index in [4.69, 9.17) is 20.9 Å². The number of benzene rings is 1. The van der Waals surface area contributed by atoms with Crippen molar-refractivity contribution in [1.82, 2.24) is 29.2 Å². The summed E-state index contributed by atoms with van der Waals surface area (Å²) in [6.45, 7) is 2.42. The Labute approximate surface area is 176 Å². The fourth-order valence-corrected chi connectivity index (χ4v) is 3.90. The maximum Gasteiger partial charge on any atom is 0.280 e. The van der Waals surface area contributed by atoms with Crippen molar-refractivity contribution in [2.75, 3.05) is 6.61 Å². The van der Waals surface area contributed by atoms with E-state index in [1.165, 1.54) is 4.57 Å². The second-order valence-electron chi connectivity index (χ2n) is 7.43. The normalized spacial score (nSPS) is 19.0. The summed E-state index contributed by atoms with van der Waals surface area (Å²) < 4.78 is 14.5. The molecule has 1 aliphatic rings. The van der Waals surface area contributed by atoms with Crippen LogP contribution in [-0.2, 0) is 18.3 Å². The molecule has 1 aliphatic heterocycles. The standard InChI is InChI=1S/C20H19ClN6O3/c1-11-23-19-17(26(2)10-22-19)20(28)27(11)8-16-24-18(25-30-16)13-7-15(29-9-13)12-3-5-14(21)6-4-12/h3-6,10,13,15H,7-9H2,1-2H3/t13-,15+/m0/s1. The summed E-state index contributed by atoms with van der Waals surface area (Å²) in [5, 5.41) is 4.82. The zero-order chi connectivity index (χ0) is 20.8. The Kier molecular flexibility index (Phi) is 4.63. The number of halogens is 1. The second-order valence-corrected chi connectivity index (χ2v) is 7.87. The second kappa shape index (κ2) is 7.33. The molecule has 5 rings (SSSR count). The lowest BCUT2D eigenvalue weighted by Gasteiger charge is -2.09. The van der Waals surface area contributed by atoms with Gasteiger partial charge in [-0.2, -0.15) is 4.98 Å². The van der Waals surface area contributed by atoms with E-state index in [0.29, 0.717) is 40.3 Å². The van der Waals surface area contributed by atoms with Crippen LogP contribution in [0.15, 0.2) is 39.9 Å². The summed E-state index contributed by atoms with van der Waals surface area (Å²) in [7, 11) is 1.76. The van der Waals surface area contributed by atoms with Crippen LogP contribution in [-0.4, -0.2) is 35.8 Å². The molecule has 9 nitrogen and oxygen atoms in total. The van der Waals surface area contributed by atoms with Crippen molar-refractivity contribution >= 4 is 22.8 Å². The molecule has 0 amide bonds. The lowest BCUT2D eigenvalue weighted by molar-refractivity contribution is 0.110. The molecule has 4 aromatic rings. The van der Waals surface area contributed by atoms with Gasteiger partial charge in [-0.15, -0.1) is 0 Å². The number of nitrogens with zero attached hydrogens (tertiary/aromatic N) is 6. The van der Waals surface area contributed by atoms with Gasteiger partial charge in [0.25, 0.3) is 5.56 Å². The molecule has 0 saturated carbocycles. The number of imidazole rings is 1. The highest BCUT2D eigenvalue weighted by atomic mass is 35.5. The van der Waals surface area contributed by atoms with Crippen molar-refractivity contribution in [3.8, 4) is 0 Å². The van der Waals surface area contributed by atoms with Crippen molar-refractivity contribution in [3.63, 3.8) is 0 Å². The van der Waals surface area contributed by atoms with E-state index in [1.54, 1.807) is 24.9 Å². The molecule has 3 aromatic heterocycles. The van der Waals surface area contributed by atoms with Gasteiger partial charge in [0, 0.05) is 18.0 Å². The molecule has 0 spiro atoms. The maximum atomic E-state index is 12.9. The van der Waals surface area contributed by atoms with Crippen LogP contribution < -0.4 is 5.56 Å². The van der Waals surface area contributed by atoms with Crippen molar-refractivity contribution in [1.29, 1.82) is 0 Å². The van der Waals surface area contributed by atoms with Crippen LogP contribution in [0.1, 0.15) is 41.5 Å². The molecule has 1 aromatic carbocycles. The van der Waals surface area contributed by atoms with Gasteiger partial charge in [0.2, 0.25) is 5.89 Å². The van der Waals surface area contributed by atoms with Crippen molar-refractivity contribution in [2.45, 2.75) is 31.9 Å². The predicted octanol–water partition coefficient (Wildman–Crippen LogP) is 2.77. The van der Waals surface area contributed by atoms with Gasteiger partial charge in [-0.25, -0.2) is 9.97 Å². The Hall–Kier alpha value is -3.04. The third kappa shape index (κ3) is 3.29. The average Bonchev–Trinajstić information content (AvgIpc) is 3.46. The summed E-state index contributed by atoms with van der Waals surface area (Å²) in [4.78, 5) is 25.9. The third-order valence-electron chi connectivity index (χ3n) is 5.41. The molecule has 1 saturated heterocycles. The Morgan fingerprint density at radius 2 is 2.03 bits per heavy atom. The Morgan fingerprint density at radius 3 is 2.83 bits per heavy atom. The van der Waals surface area contributed by atoms with Gasteiger partial charge in [0.05, 0.1) is 19.0 Å². The molecule has 1 fully saturated rings. The minimum atomic E-state index is -0.191. The number of ether oxygens (including phenoxy) is 1. The van der Waals surface area contributed by atoms with E-state index in [1.807, 2.05) is 24.3 Å². The molecular weight excluding hydrogens is 408 g/mol. The van der Waals surface area contributed by atoms with Crippen LogP contribution in [0, 0.1) is 6.92 Å². The predicted molar refractivity (Wildman–Crippen MR) is 108 cm³/mol. The van der Waals surface area contributed by atoms with Gasteiger partial charge >= 0.3 is 0 Å². The molecule has 154 valence electrons. The highest BCUT2D eigenvalue weighted by molar-refractivity contribution is 6.30. The Morgan fingerprint density at radius 1 is 1.23 bits per heavy atom. The van der Waals surface area contributed by atoms with Gasteiger partial charge in [-0.3, -0.25) is 9.36 Å². The quantitative estimate of drug-likeness (QED) is 0.494. The first-order valence-electron chi connectivity index (χ1n) is 9.57. The summed E-state index contributed by atoms with van der Waals surface area (Å²) in [5.74, 6) is 1.51. The monoisotopic (exact) mass is 426 g/mol. The number of fused-ring (bicyclic) bond motifs is 1. The lowest BCUT2D eigenvalue weighted by Crippen LogP contribution is -2.25. The first kappa shape index (κ1) is 19.0. The SMILES string of the molecule is Cc1nc2ncn(C)c2c(=O)n1Cc1nc([C@@H]2CO[C@@H](c3ccc(Cl)cc3)C2)no1. The molecule has 10 heteroatoms. The largest absolute Gasteiger partial charge is 0.373 e. The number of aryl methyl sites for hydroxylation is 2. The number of hydrogen-bond acceptors (Lipinski definition) is 7. The molecule has 30 heavy (non-hydrogen) atoms. The van der Waals surface area contributed by atoms with Gasteiger partial charge in [-0.1, -0.05) is 28.9 Å². The lowest BCUT2D eigenvalue weighted by atomic mass is 10.0. The molecule has 0 aliphatic carbocycles. The van der Waals surface area contributed by atoms with E-state index in [2.05, 4.69) is 20.1 Å². The minimum Gasteiger partial charge on any atom is -0.373 e. The zero-order valence-electron chi connectivity index (χ0n) is 16.4. The summed E-state index contributed by atoms with van der Waals surface area (Å²) in [5.41, 5.74) is 1.75. The van der Waals surface area contributed by atoms with Crippen LogP contribution in [0.4, 0.5) is 0 Å². The van der Waals surface area contributed by atoms with E-state index in [-0.39, 0.29) is 24.1 Å². The third-order valence-corrected chi connectivity index (χ3v) is 5.66. The first-order chi connectivity index (χ1) is 14.5. The van der Waals surface area contributed by atoms with Crippen LogP contribution in [0.25, 0.3) is 11.2 Å². The first-order valence-corrected chi connectivity index (χ1v) is 9.95. The summed E-state index contributed by atoms with van der Waals surface area (Å²) in [6.07, 6.45) is 2.29. The fraction of sp³-hybridized carbons (Fsp3) is 0.350. The highest BCUT2D eigenvalue weighted by Crippen LogP contribution is 2.37. The Bertz CT molecular complexity index is 1280. The van der Waals surface area contributed by atoms with Gasteiger partial charge in [0.1, 0.15) is 12.4 Å². The molecular formula is C20H19ClN6O3. The number of aromatic nitrogens is 6. The van der Waals surface area contributed by atoms with E-state index >= 15 is 0 Å². The fourth-order valence-electron chi connectivity index (χ4n) is 3.77. The number of hydrogen-bond donors (Lipinski definition) is 0. The van der Waals surface area contributed by atoms with E-state index in [9.17, 15) is 4.79 Å². The highest BCUT2D eigenvalue weighted by Gasteiger charge is 2.31. The number of rotatable bonds is 4. The molecule has 2 atom stereocenters. The maximum absolute atomic E-state index is 12.9. The minimum absolute atomic E-state index is 0.0266. The van der Waals surface area contributed by atoms with Gasteiger partial charge in [-0.05, 0) is 31.0 Å². The molecule has 0 radical (unpaired) electrons. The molecule has 4 heterocycles. The Balaban J connectivity index is 1.35. The molecule has 0 unspecified atom stereocenters. The molecule has 0 bridgehead atoms. The van der Waals surface area contributed by atoms with Crippen molar-refractivity contribution < 1.29 is 9.26 Å². The zero-order valence-corrected chi connectivity index (χ0v) is 17.2. The van der Waals surface area contributed by atoms with Crippen LogP contribution in [0.3, 0.4) is 0 Å². The van der Waals surface area contributed by atoms with Crippen LogP contribution >= 0.6 is 11.6 Å². The average molecular weight is 427 g/mol. The summed E-state index contributed by atoms with van der Waals surface area (Å²) in [6, 6.07) is 7.64. The molecule has 0 N–H and O–H groups in total. The van der Waals surface area contributed by atoms with Crippen molar-refractivity contribution in [3.05, 3.63) is 69.1 Å². The van der Waals surface area contributed by atoms with E-state index in [0.717, 1.165) is 12.0 Å². The van der Waals surface area contributed by atoms with Gasteiger partial charge < -0.3 is 13.8 Å². The van der Waals surface area contributed by atoms with Crippen LogP contribution in [0.5, 0.6) is 0 Å². The van der Waals surface area contributed by atoms with Crippen LogP contribution in [0.2, 0.25) is 5.02 Å². The van der Waals surface area contributed by atoms with E-state index < -0.39 is 0 Å². The summed E-state index contributed by atoms with van der Waals surface area (Å²) >= 11 is 5.96. The van der Waals surface area contributed by atoms with Gasteiger partial charge in [0.15, 0.2) is 17.0 Å².